The second-order valence-corrected chi connectivity index (χ2v) is 3.39. The zero-order chi connectivity index (χ0) is 12.7. The summed E-state index contributed by atoms with van der Waals surface area (Å²) in [6, 6.07) is 8.32. The lowest BCUT2D eigenvalue weighted by atomic mass is 10.1. The molecule has 86 valence electrons. The maximum absolute atomic E-state index is 11.7. The van der Waals surface area contributed by atoms with Crippen LogP contribution in [-0.4, -0.2) is 12.1 Å². The zero-order valence-corrected chi connectivity index (χ0v) is 9.86. The van der Waals surface area contributed by atoms with E-state index >= 15 is 0 Å². The van der Waals surface area contributed by atoms with Gasteiger partial charge in [-0.1, -0.05) is 12.8 Å². The molecule has 0 N–H and O–H groups in total. The molecule has 0 saturated heterocycles. The molecule has 1 aromatic rings. The predicted molar refractivity (Wildman–Crippen MR) is 64.1 cm³/mol. The van der Waals surface area contributed by atoms with Crippen LogP contribution < -0.4 is 0 Å². The molecule has 3 nitrogen and oxygen atoms in total. The number of nitriles is 1. The second-order valence-electron chi connectivity index (χ2n) is 3.39. The number of ether oxygens (including phenoxy) is 1. The van der Waals surface area contributed by atoms with E-state index in [0.29, 0.717) is 17.5 Å². The molecule has 0 aliphatic heterocycles. The molecule has 0 spiro atoms. The molecule has 0 heterocycles. The number of rotatable bonds is 3. The molecule has 1 unspecified atom stereocenters. The molecule has 1 aromatic carbocycles. The topological polar surface area (TPSA) is 50.1 Å². The van der Waals surface area contributed by atoms with Crippen molar-refractivity contribution in [1.82, 2.24) is 0 Å². The molecule has 0 radical (unpaired) electrons. The van der Waals surface area contributed by atoms with Gasteiger partial charge in [-0.3, -0.25) is 0 Å². The molecular formula is C14H13NO2. The quantitative estimate of drug-likeness (QED) is 0.589. The fourth-order valence-electron chi connectivity index (χ4n) is 1.25. The second kappa shape index (κ2) is 6.35. The summed E-state index contributed by atoms with van der Waals surface area (Å²) < 4.78 is 5.20. The molecular weight excluding hydrogens is 214 g/mol. The molecule has 0 amide bonds. The van der Waals surface area contributed by atoms with Gasteiger partial charge in [-0.15, -0.1) is 5.92 Å². The van der Waals surface area contributed by atoms with Crippen molar-refractivity contribution < 1.29 is 9.53 Å². The van der Waals surface area contributed by atoms with Gasteiger partial charge in [-0.05, 0) is 37.6 Å². The highest BCUT2D eigenvalue weighted by Gasteiger charge is 2.11. The maximum atomic E-state index is 11.7. The molecule has 1 atom stereocenters. The molecule has 0 bridgehead atoms. The van der Waals surface area contributed by atoms with Crippen molar-refractivity contribution in [3.63, 3.8) is 0 Å². The van der Waals surface area contributed by atoms with E-state index in [0.717, 1.165) is 0 Å². The lowest BCUT2D eigenvalue weighted by molar-refractivity contribution is 0.0405. The minimum Gasteiger partial charge on any atom is -0.446 e. The lowest BCUT2D eigenvalue weighted by Crippen LogP contribution is -2.15. The van der Waals surface area contributed by atoms with E-state index in [1.807, 2.05) is 13.0 Å². The molecule has 0 fully saturated rings. The van der Waals surface area contributed by atoms with Gasteiger partial charge in [0.05, 0.1) is 17.2 Å². The largest absolute Gasteiger partial charge is 0.446 e. The monoisotopic (exact) mass is 227 g/mol. The van der Waals surface area contributed by atoms with Gasteiger partial charge in [0.15, 0.2) is 6.10 Å². The van der Waals surface area contributed by atoms with Gasteiger partial charge >= 0.3 is 5.97 Å². The van der Waals surface area contributed by atoms with E-state index in [-0.39, 0.29) is 6.10 Å². The summed E-state index contributed by atoms with van der Waals surface area (Å²) in [6.45, 7) is 3.61. The smallest absolute Gasteiger partial charge is 0.339 e. The minimum atomic E-state index is -0.413. The van der Waals surface area contributed by atoms with E-state index in [4.69, 9.17) is 10.00 Å². The normalized spacial score (nSPS) is 10.6. The Balaban J connectivity index is 2.75. The summed E-state index contributed by atoms with van der Waals surface area (Å²) in [7, 11) is 0. The summed E-state index contributed by atoms with van der Waals surface area (Å²) in [5.74, 6) is 5.12. The lowest BCUT2D eigenvalue weighted by Gasteiger charge is -2.09. The minimum absolute atomic E-state index is 0.372. The van der Waals surface area contributed by atoms with Crippen LogP contribution in [0.2, 0.25) is 0 Å². The van der Waals surface area contributed by atoms with Gasteiger partial charge < -0.3 is 4.74 Å². The van der Waals surface area contributed by atoms with Crippen molar-refractivity contribution in [3.05, 3.63) is 35.4 Å². The van der Waals surface area contributed by atoms with Crippen molar-refractivity contribution in [2.75, 3.05) is 0 Å². The highest BCUT2D eigenvalue weighted by molar-refractivity contribution is 5.89. The Morgan fingerprint density at radius 2 is 2.06 bits per heavy atom. The molecule has 1 rings (SSSR count). The van der Waals surface area contributed by atoms with Crippen LogP contribution in [-0.2, 0) is 4.74 Å². The molecule has 0 saturated carbocycles. The third-order valence-electron chi connectivity index (χ3n) is 2.18. The van der Waals surface area contributed by atoms with Gasteiger partial charge in [-0.2, -0.15) is 5.26 Å². The standard InChI is InChI=1S/C14H13NO2/c1-3-5-13(4-2)17-14(16)12-8-6-11(10-15)7-9-12/h6-9,13H,4H2,1-2H3. The SMILES string of the molecule is CC#CC(CC)OC(=O)c1ccc(C#N)cc1. The molecule has 0 aliphatic carbocycles. The number of benzene rings is 1. The maximum Gasteiger partial charge on any atom is 0.339 e. The van der Waals surface area contributed by atoms with Crippen molar-refractivity contribution in [3.8, 4) is 17.9 Å². The summed E-state index contributed by atoms with van der Waals surface area (Å²) in [4.78, 5) is 11.7. The van der Waals surface area contributed by atoms with Crippen LogP contribution >= 0.6 is 0 Å². The van der Waals surface area contributed by atoms with Gasteiger partial charge in [0.2, 0.25) is 0 Å². The number of hydrogen-bond acceptors (Lipinski definition) is 3. The highest BCUT2D eigenvalue weighted by Crippen LogP contribution is 2.07. The van der Waals surface area contributed by atoms with E-state index in [1.54, 1.807) is 31.2 Å². The van der Waals surface area contributed by atoms with Gasteiger partial charge in [0, 0.05) is 0 Å². The average Bonchev–Trinajstić information content (AvgIpc) is 2.38. The van der Waals surface area contributed by atoms with Crippen LogP contribution in [0.1, 0.15) is 36.2 Å². The van der Waals surface area contributed by atoms with Crippen LogP contribution in [0.25, 0.3) is 0 Å². The Labute approximate surface area is 101 Å². The van der Waals surface area contributed by atoms with Crippen LogP contribution in [0.5, 0.6) is 0 Å². The Bertz CT molecular complexity index is 486. The fourth-order valence-corrected chi connectivity index (χ4v) is 1.25. The third-order valence-corrected chi connectivity index (χ3v) is 2.18. The van der Waals surface area contributed by atoms with Gasteiger partial charge in [0.25, 0.3) is 0 Å². The van der Waals surface area contributed by atoms with Crippen LogP contribution in [0, 0.1) is 23.2 Å². The van der Waals surface area contributed by atoms with Gasteiger partial charge in [-0.25, -0.2) is 4.79 Å². The first-order valence-corrected chi connectivity index (χ1v) is 5.34. The molecule has 17 heavy (non-hydrogen) atoms. The van der Waals surface area contributed by atoms with Crippen LogP contribution in [0.4, 0.5) is 0 Å². The predicted octanol–water partition coefficient (Wildman–Crippen LogP) is 2.52. The number of carbonyl (C=O) groups excluding carboxylic acids is 1. The Morgan fingerprint density at radius 3 is 2.53 bits per heavy atom. The first kappa shape index (κ1) is 12.8. The first-order chi connectivity index (χ1) is 8.21. The van der Waals surface area contributed by atoms with Crippen LogP contribution in [0.15, 0.2) is 24.3 Å². The van der Waals surface area contributed by atoms with Crippen LogP contribution in [0.3, 0.4) is 0 Å². The highest BCUT2D eigenvalue weighted by atomic mass is 16.5. The van der Waals surface area contributed by atoms with Crippen molar-refractivity contribution in [2.45, 2.75) is 26.4 Å². The van der Waals surface area contributed by atoms with Crippen molar-refractivity contribution >= 4 is 5.97 Å². The van der Waals surface area contributed by atoms with Crippen molar-refractivity contribution in [1.29, 1.82) is 5.26 Å². The van der Waals surface area contributed by atoms with E-state index in [2.05, 4.69) is 11.8 Å². The zero-order valence-electron chi connectivity index (χ0n) is 9.86. The average molecular weight is 227 g/mol. The number of carbonyl (C=O) groups is 1. The summed E-state index contributed by atoms with van der Waals surface area (Å²) in [6.07, 6.45) is 0.284. The number of esters is 1. The summed E-state index contributed by atoms with van der Waals surface area (Å²) in [5.41, 5.74) is 0.947. The summed E-state index contributed by atoms with van der Waals surface area (Å²) >= 11 is 0. The Hall–Kier alpha value is -2.26. The Kier molecular flexibility index (Phi) is 4.78. The van der Waals surface area contributed by atoms with E-state index in [9.17, 15) is 4.79 Å². The molecule has 0 aromatic heterocycles. The van der Waals surface area contributed by atoms with E-state index in [1.165, 1.54) is 0 Å². The first-order valence-electron chi connectivity index (χ1n) is 5.34. The molecule has 3 heteroatoms. The number of hydrogen-bond donors (Lipinski definition) is 0. The van der Waals surface area contributed by atoms with Gasteiger partial charge in [0.1, 0.15) is 0 Å². The summed E-state index contributed by atoms with van der Waals surface area (Å²) in [5, 5.41) is 8.64. The third kappa shape index (κ3) is 3.66. The molecule has 0 aliphatic rings. The fraction of sp³-hybridized carbons (Fsp3) is 0.286. The van der Waals surface area contributed by atoms with Crippen molar-refractivity contribution in [2.24, 2.45) is 0 Å². The number of nitrogens with zero attached hydrogens (tertiary/aromatic N) is 1. The van der Waals surface area contributed by atoms with E-state index < -0.39 is 5.97 Å². The Morgan fingerprint density at radius 1 is 1.41 bits per heavy atom.